The molecular formula is C22H22N4O3S. The molecular weight excluding hydrogens is 400 g/mol. The molecule has 30 heavy (non-hydrogen) atoms. The van der Waals surface area contributed by atoms with Gasteiger partial charge in [0.15, 0.2) is 0 Å². The number of nitrogens with zero attached hydrogens (tertiary/aromatic N) is 2. The third kappa shape index (κ3) is 3.55. The average molecular weight is 423 g/mol. The van der Waals surface area contributed by atoms with Crippen LogP contribution in [0.2, 0.25) is 0 Å². The molecule has 0 aliphatic rings. The van der Waals surface area contributed by atoms with Crippen LogP contribution in [-0.2, 0) is 10.0 Å². The highest BCUT2D eigenvalue weighted by Crippen LogP contribution is 2.24. The largest absolute Gasteiger partial charge is 0.349 e. The number of hydrogen-bond acceptors (Lipinski definition) is 4. The van der Waals surface area contributed by atoms with Gasteiger partial charge in [-0.05, 0) is 36.4 Å². The molecule has 8 heteroatoms. The van der Waals surface area contributed by atoms with Gasteiger partial charge in [0.1, 0.15) is 5.69 Å². The van der Waals surface area contributed by atoms with Crippen LogP contribution in [-0.4, -0.2) is 41.7 Å². The second-order valence-corrected chi connectivity index (χ2v) is 8.79. The van der Waals surface area contributed by atoms with Gasteiger partial charge in [0.2, 0.25) is 10.0 Å². The molecule has 0 spiro atoms. The van der Waals surface area contributed by atoms with E-state index in [1.807, 2.05) is 24.3 Å². The number of amides is 1. The number of aromatic nitrogens is 2. The van der Waals surface area contributed by atoms with Crippen LogP contribution in [0.15, 0.2) is 65.7 Å². The molecule has 0 aliphatic carbocycles. The molecule has 2 aromatic carbocycles. The van der Waals surface area contributed by atoms with E-state index in [2.05, 4.69) is 15.3 Å². The number of carbonyl (C=O) groups excluding carboxylic acids is 1. The summed E-state index contributed by atoms with van der Waals surface area (Å²) < 4.78 is 26.6. The molecule has 7 nitrogen and oxygen atoms in total. The van der Waals surface area contributed by atoms with E-state index in [9.17, 15) is 13.2 Å². The van der Waals surface area contributed by atoms with Crippen molar-refractivity contribution in [1.82, 2.24) is 14.3 Å². The zero-order valence-corrected chi connectivity index (χ0v) is 17.5. The zero-order valence-electron chi connectivity index (χ0n) is 16.7. The maximum Gasteiger partial charge on any atom is 0.272 e. The number of rotatable bonds is 6. The molecule has 0 saturated heterocycles. The Balaban J connectivity index is 1.58. The summed E-state index contributed by atoms with van der Waals surface area (Å²) in [4.78, 5) is 20.5. The first-order chi connectivity index (χ1) is 14.4. The summed E-state index contributed by atoms with van der Waals surface area (Å²) in [6.45, 7) is 4.41. The Morgan fingerprint density at radius 3 is 2.43 bits per heavy atom. The van der Waals surface area contributed by atoms with Gasteiger partial charge < -0.3 is 10.3 Å². The van der Waals surface area contributed by atoms with Crippen LogP contribution in [0.4, 0.5) is 5.69 Å². The van der Waals surface area contributed by atoms with Crippen LogP contribution in [0.1, 0.15) is 24.3 Å². The first kappa shape index (κ1) is 20.1. The number of anilines is 1. The number of sulfonamides is 1. The van der Waals surface area contributed by atoms with Gasteiger partial charge in [0.25, 0.3) is 5.91 Å². The minimum Gasteiger partial charge on any atom is -0.349 e. The van der Waals surface area contributed by atoms with Gasteiger partial charge >= 0.3 is 0 Å². The molecule has 0 radical (unpaired) electrons. The van der Waals surface area contributed by atoms with Gasteiger partial charge in [-0.1, -0.05) is 32.0 Å². The van der Waals surface area contributed by atoms with E-state index in [-0.39, 0.29) is 10.8 Å². The Labute approximate surface area is 174 Å². The lowest BCUT2D eigenvalue weighted by atomic mass is 10.1. The Kier molecular flexibility index (Phi) is 5.27. The molecule has 0 bridgehead atoms. The van der Waals surface area contributed by atoms with Gasteiger partial charge in [0, 0.05) is 35.7 Å². The van der Waals surface area contributed by atoms with Crippen molar-refractivity contribution >= 4 is 43.4 Å². The van der Waals surface area contributed by atoms with Gasteiger partial charge in [-0.25, -0.2) is 8.42 Å². The van der Waals surface area contributed by atoms with E-state index in [4.69, 9.17) is 0 Å². The van der Waals surface area contributed by atoms with Crippen molar-refractivity contribution in [2.75, 3.05) is 18.4 Å². The third-order valence-electron chi connectivity index (χ3n) is 5.07. The fraction of sp³-hybridized carbons (Fsp3) is 0.182. The molecule has 0 atom stereocenters. The van der Waals surface area contributed by atoms with E-state index >= 15 is 0 Å². The number of aromatic amines is 1. The van der Waals surface area contributed by atoms with Crippen LogP contribution in [0.5, 0.6) is 0 Å². The van der Waals surface area contributed by atoms with Crippen molar-refractivity contribution in [3.05, 3.63) is 66.5 Å². The van der Waals surface area contributed by atoms with E-state index in [1.165, 1.54) is 16.4 Å². The number of pyridine rings is 1. The van der Waals surface area contributed by atoms with Gasteiger partial charge in [0.05, 0.1) is 15.9 Å². The Bertz CT molecular complexity index is 1320. The summed E-state index contributed by atoms with van der Waals surface area (Å²) in [6, 6.07) is 15.7. The quantitative estimate of drug-likeness (QED) is 0.491. The number of fused-ring (bicyclic) bond motifs is 3. The standard InChI is InChI=1S/C22H22N4O3S/c1-3-26(4-2)30(28,29)18-11-9-17(10-12-18)24-22(27)19-14-16-8-7-15-6-5-13-23-20(15)21(16)25-19/h5-14,25H,3-4H2,1-2H3,(H,24,27). The highest BCUT2D eigenvalue weighted by Gasteiger charge is 2.21. The minimum atomic E-state index is -3.53. The Hall–Kier alpha value is -3.23. The predicted octanol–water partition coefficient (Wildman–Crippen LogP) is 4.00. The first-order valence-electron chi connectivity index (χ1n) is 9.72. The van der Waals surface area contributed by atoms with Crippen LogP contribution in [0.25, 0.3) is 21.8 Å². The summed E-state index contributed by atoms with van der Waals surface area (Å²) in [6.07, 6.45) is 1.72. The Morgan fingerprint density at radius 1 is 1.03 bits per heavy atom. The number of nitrogens with one attached hydrogen (secondary N) is 2. The van der Waals surface area contributed by atoms with Crippen molar-refractivity contribution in [2.45, 2.75) is 18.7 Å². The number of carbonyl (C=O) groups is 1. The minimum absolute atomic E-state index is 0.201. The smallest absolute Gasteiger partial charge is 0.272 e. The second-order valence-electron chi connectivity index (χ2n) is 6.86. The molecule has 0 fully saturated rings. The van der Waals surface area contributed by atoms with Crippen molar-refractivity contribution in [2.24, 2.45) is 0 Å². The zero-order chi connectivity index (χ0) is 21.3. The summed E-state index contributed by atoms with van der Waals surface area (Å²) in [7, 11) is -3.53. The van der Waals surface area contributed by atoms with Crippen LogP contribution >= 0.6 is 0 Å². The second kappa shape index (κ2) is 7.89. The van der Waals surface area contributed by atoms with E-state index < -0.39 is 10.0 Å². The molecule has 154 valence electrons. The summed E-state index contributed by atoms with van der Waals surface area (Å²) in [5, 5.41) is 4.69. The van der Waals surface area contributed by atoms with Gasteiger partial charge in [-0.2, -0.15) is 4.31 Å². The lowest BCUT2D eigenvalue weighted by Crippen LogP contribution is -2.30. The van der Waals surface area contributed by atoms with Crippen LogP contribution in [0, 0.1) is 0 Å². The topological polar surface area (TPSA) is 95.2 Å². The third-order valence-corrected chi connectivity index (χ3v) is 7.13. The maximum absolute atomic E-state index is 12.7. The average Bonchev–Trinajstić information content (AvgIpc) is 3.20. The number of H-pyrrole nitrogens is 1. The normalized spacial score (nSPS) is 12.0. The first-order valence-corrected chi connectivity index (χ1v) is 11.2. The molecule has 4 aromatic rings. The SMILES string of the molecule is CCN(CC)S(=O)(=O)c1ccc(NC(=O)c2cc3ccc4cccnc4c3[nH]2)cc1. The van der Waals surface area contributed by atoms with Crippen molar-refractivity contribution in [3.63, 3.8) is 0 Å². The van der Waals surface area contributed by atoms with E-state index in [1.54, 1.807) is 38.2 Å². The molecule has 0 unspecified atom stereocenters. The fourth-order valence-electron chi connectivity index (χ4n) is 3.48. The molecule has 1 amide bonds. The van der Waals surface area contributed by atoms with Crippen molar-refractivity contribution in [3.8, 4) is 0 Å². The predicted molar refractivity (Wildman–Crippen MR) is 118 cm³/mol. The number of hydrogen-bond donors (Lipinski definition) is 2. The summed E-state index contributed by atoms with van der Waals surface area (Å²) >= 11 is 0. The molecule has 4 rings (SSSR count). The molecule has 2 aromatic heterocycles. The molecule has 2 N–H and O–H groups in total. The monoisotopic (exact) mass is 422 g/mol. The van der Waals surface area contributed by atoms with Crippen LogP contribution in [0.3, 0.4) is 0 Å². The van der Waals surface area contributed by atoms with E-state index in [0.29, 0.717) is 24.5 Å². The molecule has 2 heterocycles. The fourth-order valence-corrected chi connectivity index (χ4v) is 4.94. The molecule has 0 aliphatic heterocycles. The highest BCUT2D eigenvalue weighted by molar-refractivity contribution is 7.89. The maximum atomic E-state index is 12.7. The van der Waals surface area contributed by atoms with Crippen molar-refractivity contribution < 1.29 is 13.2 Å². The Morgan fingerprint density at radius 2 is 1.73 bits per heavy atom. The lowest BCUT2D eigenvalue weighted by molar-refractivity contribution is 0.102. The summed E-state index contributed by atoms with van der Waals surface area (Å²) in [5.74, 6) is -0.311. The van der Waals surface area contributed by atoms with Gasteiger partial charge in [-0.3, -0.25) is 9.78 Å². The lowest BCUT2D eigenvalue weighted by Gasteiger charge is -2.18. The van der Waals surface area contributed by atoms with E-state index in [0.717, 1.165) is 21.8 Å². The summed E-state index contributed by atoms with van der Waals surface area (Å²) in [5.41, 5.74) is 2.53. The molecule has 0 saturated carbocycles. The van der Waals surface area contributed by atoms with Gasteiger partial charge in [-0.15, -0.1) is 0 Å². The number of benzene rings is 2. The van der Waals surface area contributed by atoms with Crippen molar-refractivity contribution in [1.29, 1.82) is 0 Å². The highest BCUT2D eigenvalue weighted by atomic mass is 32.2. The van der Waals surface area contributed by atoms with Crippen LogP contribution < -0.4 is 5.32 Å².